The van der Waals surface area contributed by atoms with Crippen molar-refractivity contribution in [1.82, 2.24) is 0 Å². The second-order valence-corrected chi connectivity index (χ2v) is 24.2. The summed E-state index contributed by atoms with van der Waals surface area (Å²) in [5.41, 5.74) is 26.2. The Morgan fingerprint density at radius 1 is 0.443 bits per heavy atom. The largest absolute Gasteiger partial charge is 0.311 e. The van der Waals surface area contributed by atoms with Crippen LogP contribution < -0.4 is 26.2 Å². The Kier molecular flexibility index (Phi) is 10.8. The summed E-state index contributed by atoms with van der Waals surface area (Å²) in [5, 5.41) is 0. The van der Waals surface area contributed by atoms with Crippen molar-refractivity contribution in [3.63, 3.8) is 0 Å². The number of nitrogens with zero attached hydrogens (tertiary/aromatic N) is 2. The topological polar surface area (TPSA) is 6.48 Å². The van der Waals surface area contributed by atoms with Gasteiger partial charge in [-0.25, -0.2) is 0 Å². The highest BCUT2D eigenvalue weighted by atomic mass is 15.2. The highest BCUT2D eigenvalue weighted by molar-refractivity contribution is 7.00. The lowest BCUT2D eigenvalue weighted by Crippen LogP contribution is -2.62. The first kappa shape index (κ1) is 45.8. The average molecular weight is 913 g/mol. The summed E-state index contributed by atoms with van der Waals surface area (Å²) in [6, 6.07) is 65.6. The maximum absolute atomic E-state index is 2.68. The van der Waals surface area contributed by atoms with Gasteiger partial charge in [0, 0.05) is 39.9 Å². The van der Waals surface area contributed by atoms with Gasteiger partial charge in [-0.05, 0) is 163 Å². The Morgan fingerprint density at radius 2 is 0.929 bits per heavy atom. The number of hydrogen-bond acceptors (Lipinski definition) is 2. The van der Waals surface area contributed by atoms with E-state index in [1.807, 2.05) is 0 Å². The maximum atomic E-state index is 2.68. The molecule has 3 aliphatic rings. The van der Waals surface area contributed by atoms with Crippen LogP contribution in [-0.2, 0) is 21.7 Å². The molecule has 2 heterocycles. The van der Waals surface area contributed by atoms with E-state index in [2.05, 4.69) is 263 Å². The predicted molar refractivity (Wildman–Crippen MR) is 302 cm³/mol. The lowest BCUT2D eigenvalue weighted by Gasteiger charge is -2.48. The van der Waals surface area contributed by atoms with E-state index in [1.165, 1.54) is 112 Å². The van der Waals surface area contributed by atoms with E-state index in [0.29, 0.717) is 0 Å². The van der Waals surface area contributed by atoms with Gasteiger partial charge in [-0.15, -0.1) is 0 Å². The minimum atomic E-state index is -0.0274. The zero-order chi connectivity index (χ0) is 49.1. The zero-order valence-corrected chi connectivity index (χ0v) is 43.6. The standard InChI is InChI=1S/C67H69BN2/c1-43-36-60-63-61(37-43)70(57-33-30-50(65(6,7)8)40-51(57)45-22-16-13-17-23-45)58-31-28-48(62(46-24-18-14-19-25-46)47-26-20-15-21-27-47)39-54(58)68(63)55-41-52-53(67(11,12)35-34-66(52,9)10)42-59(55)69(60)56-32-29-49(38-44(56)2)64(3,4)5/h13-33,36-42,62H,34-35H2,1-12H3. The molecule has 70 heavy (non-hydrogen) atoms. The molecule has 350 valence electrons. The molecule has 0 atom stereocenters. The third-order valence-corrected chi connectivity index (χ3v) is 16.3. The molecule has 0 unspecified atom stereocenters. The highest BCUT2D eigenvalue weighted by Gasteiger charge is 2.47. The molecule has 0 saturated carbocycles. The van der Waals surface area contributed by atoms with Crippen molar-refractivity contribution in [1.29, 1.82) is 0 Å². The van der Waals surface area contributed by atoms with E-state index in [4.69, 9.17) is 0 Å². The van der Waals surface area contributed by atoms with Crippen molar-refractivity contribution in [2.45, 2.75) is 124 Å². The van der Waals surface area contributed by atoms with Gasteiger partial charge in [0.15, 0.2) is 0 Å². The number of rotatable bonds is 6. The Labute approximate surface area is 419 Å². The van der Waals surface area contributed by atoms with E-state index < -0.39 is 0 Å². The Balaban J connectivity index is 1.27. The molecule has 0 bridgehead atoms. The van der Waals surface area contributed by atoms with Crippen molar-refractivity contribution < 1.29 is 0 Å². The third kappa shape index (κ3) is 7.63. The first-order valence-electron chi connectivity index (χ1n) is 25.8. The number of fused-ring (bicyclic) bond motifs is 5. The smallest absolute Gasteiger partial charge is 0.252 e. The monoisotopic (exact) mass is 913 g/mol. The van der Waals surface area contributed by atoms with Crippen molar-refractivity contribution >= 4 is 57.2 Å². The third-order valence-electron chi connectivity index (χ3n) is 16.3. The molecule has 11 rings (SSSR count). The van der Waals surface area contributed by atoms with E-state index >= 15 is 0 Å². The Morgan fingerprint density at radius 3 is 1.49 bits per heavy atom. The van der Waals surface area contributed by atoms with Gasteiger partial charge in [-0.3, -0.25) is 0 Å². The molecular weight excluding hydrogens is 844 g/mol. The van der Waals surface area contributed by atoms with Crippen molar-refractivity contribution in [2.24, 2.45) is 0 Å². The molecule has 2 aliphatic heterocycles. The van der Waals surface area contributed by atoms with Crippen molar-refractivity contribution in [2.75, 3.05) is 9.80 Å². The van der Waals surface area contributed by atoms with Crippen molar-refractivity contribution in [3.8, 4) is 11.1 Å². The van der Waals surface area contributed by atoms with E-state index in [0.717, 1.165) is 12.8 Å². The first-order chi connectivity index (χ1) is 33.3. The molecular formula is C67H69BN2. The van der Waals surface area contributed by atoms with Crippen LogP contribution in [0.1, 0.15) is 138 Å². The van der Waals surface area contributed by atoms with Crippen LogP contribution in [0, 0.1) is 13.8 Å². The first-order valence-corrected chi connectivity index (χ1v) is 25.8. The molecule has 0 saturated heterocycles. The van der Waals surface area contributed by atoms with E-state index in [9.17, 15) is 0 Å². The van der Waals surface area contributed by atoms with Crippen LogP contribution in [0.2, 0.25) is 0 Å². The van der Waals surface area contributed by atoms with Gasteiger partial charge in [0.25, 0.3) is 6.71 Å². The summed E-state index contributed by atoms with van der Waals surface area (Å²) < 4.78 is 0. The molecule has 8 aromatic rings. The minimum Gasteiger partial charge on any atom is -0.311 e. The number of benzene rings is 8. The number of hydrogen-bond donors (Lipinski definition) is 0. The Hall–Kier alpha value is -6.58. The summed E-state index contributed by atoms with van der Waals surface area (Å²) in [4.78, 5) is 5.31. The summed E-state index contributed by atoms with van der Waals surface area (Å²) in [6.45, 7) is 28.5. The fourth-order valence-electron chi connectivity index (χ4n) is 12.2. The van der Waals surface area contributed by atoms with Crippen LogP contribution in [0.25, 0.3) is 11.1 Å². The van der Waals surface area contributed by atoms with Crippen LogP contribution in [0.3, 0.4) is 0 Å². The minimum absolute atomic E-state index is 0.0236. The Bertz CT molecular complexity index is 3270. The SMILES string of the molecule is Cc1cc2c3c(c1)N(c1ccc(C(C)(C)C)cc1-c1ccccc1)c1ccc(C(c4ccccc4)c4ccccc4)cc1B3c1cc3c(cc1N2c1ccc(C(C)(C)C)cc1C)C(C)(C)CCC3(C)C. The number of aryl methyl sites for hydroxylation is 2. The van der Waals surface area contributed by atoms with Crippen LogP contribution in [0.5, 0.6) is 0 Å². The van der Waals surface area contributed by atoms with Crippen LogP contribution in [-0.4, -0.2) is 6.71 Å². The van der Waals surface area contributed by atoms with Crippen LogP contribution >= 0.6 is 0 Å². The normalized spacial score (nSPS) is 15.6. The molecule has 3 heteroatoms. The molecule has 0 radical (unpaired) electrons. The van der Waals surface area contributed by atoms with Gasteiger partial charge in [0.05, 0.1) is 5.69 Å². The van der Waals surface area contributed by atoms with Gasteiger partial charge >= 0.3 is 0 Å². The average Bonchev–Trinajstić information content (AvgIpc) is 3.33. The molecule has 2 nitrogen and oxygen atoms in total. The summed E-state index contributed by atoms with van der Waals surface area (Å²) in [6.07, 6.45) is 2.32. The maximum Gasteiger partial charge on any atom is 0.252 e. The second-order valence-electron chi connectivity index (χ2n) is 24.2. The summed E-state index contributed by atoms with van der Waals surface area (Å²) in [7, 11) is 0. The molecule has 0 amide bonds. The van der Waals surface area contributed by atoms with Gasteiger partial charge in [-0.2, -0.15) is 0 Å². The molecule has 0 fully saturated rings. The predicted octanol–water partition coefficient (Wildman–Crippen LogP) is 16.2. The lowest BCUT2D eigenvalue weighted by molar-refractivity contribution is 0.332. The molecule has 1 aliphatic carbocycles. The quantitative estimate of drug-likeness (QED) is 0.121. The summed E-state index contributed by atoms with van der Waals surface area (Å²) >= 11 is 0. The van der Waals surface area contributed by atoms with Gasteiger partial charge in [0.1, 0.15) is 0 Å². The van der Waals surface area contributed by atoms with Gasteiger partial charge < -0.3 is 9.80 Å². The van der Waals surface area contributed by atoms with E-state index in [-0.39, 0.29) is 34.3 Å². The fourth-order valence-corrected chi connectivity index (χ4v) is 12.2. The molecule has 8 aromatic carbocycles. The molecule has 0 N–H and O–H groups in total. The van der Waals surface area contributed by atoms with Gasteiger partial charge in [-0.1, -0.05) is 197 Å². The van der Waals surface area contributed by atoms with Crippen molar-refractivity contribution in [3.05, 3.63) is 220 Å². The van der Waals surface area contributed by atoms with Crippen LogP contribution in [0.4, 0.5) is 34.1 Å². The number of anilines is 6. The van der Waals surface area contributed by atoms with E-state index in [1.54, 1.807) is 0 Å². The fraction of sp³-hybridized carbons (Fsp3) is 0.284. The van der Waals surface area contributed by atoms with Gasteiger partial charge in [0.2, 0.25) is 0 Å². The molecule has 0 aromatic heterocycles. The summed E-state index contributed by atoms with van der Waals surface area (Å²) in [5.74, 6) is 0.0535. The lowest BCUT2D eigenvalue weighted by atomic mass is 9.33. The zero-order valence-electron chi connectivity index (χ0n) is 43.6. The molecule has 0 spiro atoms. The van der Waals surface area contributed by atoms with Crippen LogP contribution in [0.15, 0.2) is 170 Å². The second kappa shape index (κ2) is 16.5. The highest BCUT2D eigenvalue weighted by Crippen LogP contribution is 2.52.